The van der Waals surface area contributed by atoms with Gasteiger partial charge in [-0.3, -0.25) is 4.90 Å². The molecule has 0 spiro atoms. The largest absolute Gasteiger partial charge is 0.380 e. The van der Waals surface area contributed by atoms with E-state index in [1.54, 1.807) is 0 Å². The number of rotatable bonds is 5. The van der Waals surface area contributed by atoms with Crippen molar-refractivity contribution in [2.24, 2.45) is 11.8 Å². The number of nitrogens with one attached hydrogen (secondary N) is 1. The molecule has 1 saturated carbocycles. The van der Waals surface area contributed by atoms with Crippen molar-refractivity contribution in [3.8, 4) is 0 Å². The standard InChI is InChI=1S/C16H32N2O/c1-5-7-17-15-10-12(2)9-13(3)16(15)18-8-6-14(11-18)19-4/h12-17H,5-11H2,1-4H3. The maximum atomic E-state index is 5.54. The minimum atomic E-state index is 0.457. The van der Waals surface area contributed by atoms with Crippen LogP contribution in [0, 0.1) is 11.8 Å². The van der Waals surface area contributed by atoms with Gasteiger partial charge in [-0.1, -0.05) is 20.8 Å². The van der Waals surface area contributed by atoms with Gasteiger partial charge in [-0.25, -0.2) is 0 Å². The van der Waals surface area contributed by atoms with E-state index in [1.807, 2.05) is 7.11 Å². The van der Waals surface area contributed by atoms with E-state index >= 15 is 0 Å². The van der Waals surface area contributed by atoms with Crippen molar-refractivity contribution in [3.63, 3.8) is 0 Å². The summed E-state index contributed by atoms with van der Waals surface area (Å²) in [5, 5.41) is 3.81. The molecule has 2 fully saturated rings. The Balaban J connectivity index is 2.00. The van der Waals surface area contributed by atoms with Crippen LogP contribution < -0.4 is 5.32 Å². The number of methoxy groups -OCH3 is 1. The Morgan fingerprint density at radius 2 is 2.05 bits per heavy atom. The highest BCUT2D eigenvalue weighted by Crippen LogP contribution is 2.34. The lowest BCUT2D eigenvalue weighted by Gasteiger charge is -2.45. The van der Waals surface area contributed by atoms with Gasteiger partial charge in [0.1, 0.15) is 0 Å². The average Bonchev–Trinajstić information content (AvgIpc) is 2.84. The molecule has 1 aliphatic carbocycles. The first-order valence-electron chi connectivity index (χ1n) is 8.15. The summed E-state index contributed by atoms with van der Waals surface area (Å²) in [5.41, 5.74) is 0. The SMILES string of the molecule is CCCNC1CC(C)CC(C)C1N1CCC(OC)C1. The molecule has 1 saturated heterocycles. The average molecular weight is 268 g/mol. The normalized spacial score (nSPS) is 40.7. The molecule has 2 aliphatic rings. The molecule has 112 valence electrons. The fourth-order valence-electron chi connectivity index (χ4n) is 4.21. The summed E-state index contributed by atoms with van der Waals surface area (Å²) in [6.45, 7) is 10.6. The Bertz CT molecular complexity index is 271. The van der Waals surface area contributed by atoms with Gasteiger partial charge < -0.3 is 10.1 Å². The summed E-state index contributed by atoms with van der Waals surface area (Å²) in [5.74, 6) is 1.66. The molecule has 0 bridgehead atoms. The zero-order valence-electron chi connectivity index (χ0n) is 13.2. The van der Waals surface area contributed by atoms with Crippen LogP contribution in [0.1, 0.15) is 46.5 Å². The molecule has 5 atom stereocenters. The summed E-state index contributed by atoms with van der Waals surface area (Å²) in [6, 6.07) is 1.39. The lowest BCUT2D eigenvalue weighted by Crippen LogP contribution is -2.56. The summed E-state index contributed by atoms with van der Waals surface area (Å²) in [4.78, 5) is 2.69. The van der Waals surface area contributed by atoms with Crippen LogP contribution in [-0.4, -0.2) is 49.8 Å². The van der Waals surface area contributed by atoms with Gasteiger partial charge in [0.05, 0.1) is 6.10 Å². The van der Waals surface area contributed by atoms with Crippen molar-refractivity contribution in [3.05, 3.63) is 0 Å². The van der Waals surface area contributed by atoms with Crippen LogP contribution in [0.15, 0.2) is 0 Å². The summed E-state index contributed by atoms with van der Waals surface area (Å²) in [7, 11) is 1.85. The first kappa shape index (κ1) is 15.3. The van der Waals surface area contributed by atoms with Gasteiger partial charge in [0.2, 0.25) is 0 Å². The molecule has 0 amide bonds. The van der Waals surface area contributed by atoms with Gasteiger partial charge in [0, 0.05) is 32.3 Å². The molecule has 1 heterocycles. The Morgan fingerprint density at radius 3 is 2.68 bits per heavy atom. The third-order valence-corrected chi connectivity index (χ3v) is 5.01. The third-order valence-electron chi connectivity index (χ3n) is 5.01. The number of hydrogen-bond acceptors (Lipinski definition) is 3. The van der Waals surface area contributed by atoms with Crippen LogP contribution >= 0.6 is 0 Å². The molecule has 3 nitrogen and oxygen atoms in total. The first-order valence-corrected chi connectivity index (χ1v) is 8.15. The zero-order valence-corrected chi connectivity index (χ0v) is 13.2. The predicted molar refractivity (Wildman–Crippen MR) is 80.4 cm³/mol. The minimum absolute atomic E-state index is 0.457. The Labute approximate surface area is 119 Å². The van der Waals surface area contributed by atoms with Crippen LogP contribution in [0.3, 0.4) is 0 Å². The van der Waals surface area contributed by atoms with E-state index in [9.17, 15) is 0 Å². The second-order valence-corrected chi connectivity index (χ2v) is 6.75. The number of hydrogen-bond donors (Lipinski definition) is 1. The minimum Gasteiger partial charge on any atom is -0.380 e. The number of nitrogens with zero attached hydrogens (tertiary/aromatic N) is 1. The van der Waals surface area contributed by atoms with Crippen LogP contribution in [0.5, 0.6) is 0 Å². The van der Waals surface area contributed by atoms with Gasteiger partial charge in [0.25, 0.3) is 0 Å². The molecule has 0 radical (unpaired) electrons. The fourth-order valence-corrected chi connectivity index (χ4v) is 4.21. The highest BCUT2D eigenvalue weighted by atomic mass is 16.5. The molecular weight excluding hydrogens is 236 g/mol. The predicted octanol–water partition coefficient (Wildman–Crippen LogP) is 2.51. The molecule has 1 aliphatic heterocycles. The van der Waals surface area contributed by atoms with E-state index in [0.717, 1.165) is 24.9 Å². The lowest BCUT2D eigenvalue weighted by molar-refractivity contribution is 0.0557. The number of likely N-dealkylation sites (tertiary alicyclic amines) is 1. The maximum absolute atomic E-state index is 5.54. The van der Waals surface area contributed by atoms with Crippen LogP contribution in [0.25, 0.3) is 0 Å². The second kappa shape index (κ2) is 7.05. The lowest BCUT2D eigenvalue weighted by atomic mass is 9.76. The molecule has 1 N–H and O–H groups in total. The smallest absolute Gasteiger partial charge is 0.0710 e. The van der Waals surface area contributed by atoms with E-state index in [2.05, 4.69) is 31.0 Å². The maximum Gasteiger partial charge on any atom is 0.0710 e. The third kappa shape index (κ3) is 3.71. The van der Waals surface area contributed by atoms with E-state index in [4.69, 9.17) is 4.74 Å². The highest BCUT2D eigenvalue weighted by Gasteiger charge is 2.39. The first-order chi connectivity index (χ1) is 9.15. The highest BCUT2D eigenvalue weighted by molar-refractivity contribution is 4.96. The van der Waals surface area contributed by atoms with Gasteiger partial charge in [-0.15, -0.1) is 0 Å². The Kier molecular flexibility index (Phi) is 5.67. The monoisotopic (exact) mass is 268 g/mol. The van der Waals surface area contributed by atoms with Crippen molar-refractivity contribution >= 4 is 0 Å². The molecule has 5 unspecified atom stereocenters. The van der Waals surface area contributed by atoms with Crippen LogP contribution in [0.4, 0.5) is 0 Å². The van der Waals surface area contributed by atoms with Crippen LogP contribution in [0.2, 0.25) is 0 Å². The van der Waals surface area contributed by atoms with Gasteiger partial charge in [-0.2, -0.15) is 0 Å². The van der Waals surface area contributed by atoms with Gasteiger partial charge >= 0.3 is 0 Å². The number of ether oxygens (including phenoxy) is 1. The molecule has 0 aromatic heterocycles. The summed E-state index contributed by atoms with van der Waals surface area (Å²) in [6.07, 6.45) is 5.60. The van der Waals surface area contributed by atoms with E-state index in [0.29, 0.717) is 18.2 Å². The summed E-state index contributed by atoms with van der Waals surface area (Å²) < 4.78 is 5.54. The van der Waals surface area contributed by atoms with Crippen molar-refractivity contribution in [1.29, 1.82) is 0 Å². The quantitative estimate of drug-likeness (QED) is 0.829. The molecule has 2 rings (SSSR count). The van der Waals surface area contributed by atoms with E-state index in [-0.39, 0.29) is 0 Å². The van der Waals surface area contributed by atoms with Crippen molar-refractivity contribution in [2.75, 3.05) is 26.7 Å². The van der Waals surface area contributed by atoms with Crippen LogP contribution in [-0.2, 0) is 4.74 Å². The van der Waals surface area contributed by atoms with E-state index < -0.39 is 0 Å². The Morgan fingerprint density at radius 1 is 1.26 bits per heavy atom. The molecular formula is C16H32N2O. The van der Waals surface area contributed by atoms with Crippen molar-refractivity contribution < 1.29 is 4.74 Å². The molecule has 0 aromatic carbocycles. The second-order valence-electron chi connectivity index (χ2n) is 6.75. The van der Waals surface area contributed by atoms with Crippen molar-refractivity contribution in [1.82, 2.24) is 10.2 Å². The molecule has 0 aromatic rings. The van der Waals surface area contributed by atoms with Gasteiger partial charge in [0.15, 0.2) is 0 Å². The molecule has 19 heavy (non-hydrogen) atoms. The molecule has 3 heteroatoms. The van der Waals surface area contributed by atoms with E-state index in [1.165, 1.54) is 32.2 Å². The van der Waals surface area contributed by atoms with Crippen molar-refractivity contribution in [2.45, 2.75) is 64.6 Å². The van der Waals surface area contributed by atoms with Gasteiger partial charge in [-0.05, 0) is 44.1 Å². The topological polar surface area (TPSA) is 24.5 Å². The zero-order chi connectivity index (χ0) is 13.8. The summed E-state index contributed by atoms with van der Waals surface area (Å²) >= 11 is 0. The Hall–Kier alpha value is -0.120. The fraction of sp³-hybridized carbons (Fsp3) is 1.00.